The lowest BCUT2D eigenvalue weighted by molar-refractivity contribution is -0.124. The highest BCUT2D eigenvalue weighted by Gasteiger charge is 2.46. The average molecular weight is 579 g/mol. The van der Waals surface area contributed by atoms with Crippen LogP contribution in [0, 0.1) is 29.1 Å². The quantitative estimate of drug-likeness (QED) is 0.247. The first-order valence-corrected chi connectivity index (χ1v) is 17.0. The third-order valence-corrected chi connectivity index (χ3v) is 11.0. The fraction of sp³-hybridized carbons (Fsp3) is 1.00. The van der Waals surface area contributed by atoms with Gasteiger partial charge in [0.15, 0.2) is 0 Å². The van der Waals surface area contributed by atoms with Gasteiger partial charge in [-0.15, -0.1) is 0 Å². The van der Waals surface area contributed by atoms with Crippen LogP contribution in [0.3, 0.4) is 0 Å². The number of hydrogen-bond donors (Lipinski definition) is 0. The second kappa shape index (κ2) is 13.4. The van der Waals surface area contributed by atoms with Crippen LogP contribution in [0.25, 0.3) is 0 Å². The van der Waals surface area contributed by atoms with Crippen molar-refractivity contribution >= 4 is 0 Å². The van der Waals surface area contributed by atoms with Crippen molar-refractivity contribution in [3.63, 3.8) is 0 Å². The number of hydrogen-bond acceptors (Lipinski definition) is 8. The lowest BCUT2D eigenvalue weighted by Crippen LogP contribution is -2.43. The van der Waals surface area contributed by atoms with E-state index in [1.807, 2.05) is 0 Å². The van der Waals surface area contributed by atoms with Crippen LogP contribution in [0.5, 0.6) is 0 Å². The molecular formula is C33H54O8. The lowest BCUT2D eigenvalue weighted by atomic mass is 9.88. The summed E-state index contributed by atoms with van der Waals surface area (Å²) < 4.78 is 49.3. The van der Waals surface area contributed by atoms with Crippen LogP contribution in [-0.2, 0) is 37.9 Å². The topological polar surface area (TPSA) is 83.7 Å². The van der Waals surface area contributed by atoms with Crippen molar-refractivity contribution in [3.05, 3.63) is 0 Å². The summed E-state index contributed by atoms with van der Waals surface area (Å²) in [7, 11) is 0. The smallest absolute Gasteiger partial charge is 0.0845 e. The van der Waals surface area contributed by atoms with Gasteiger partial charge in [0.2, 0.25) is 0 Å². The molecule has 0 N–H and O–H groups in total. The standard InChI is InChI=1S/C33H54O8/c1-22-10-26(8-9-38-22)17-37-21-33(18-34-14-23-2-5-27-30(11-23)39-27,19-35-15-24-3-6-28-31(12-24)40-28)20-36-16-25-4-7-29-32(13-25)41-29/h22-32H,2-21H2,1H3. The van der Waals surface area contributed by atoms with Gasteiger partial charge in [0.05, 0.1) is 74.6 Å². The minimum Gasteiger partial charge on any atom is -0.380 e. The summed E-state index contributed by atoms with van der Waals surface area (Å²) in [6.07, 6.45) is 16.1. The number of epoxide rings is 3. The molecule has 0 spiro atoms. The highest BCUT2D eigenvalue weighted by Crippen LogP contribution is 2.42. The van der Waals surface area contributed by atoms with Crippen molar-refractivity contribution in [2.75, 3.05) is 59.5 Å². The normalized spacial score (nSPS) is 44.3. The van der Waals surface area contributed by atoms with Crippen molar-refractivity contribution in [1.82, 2.24) is 0 Å². The Balaban J connectivity index is 0.957. The fourth-order valence-corrected chi connectivity index (χ4v) is 8.18. The molecule has 0 aromatic rings. The van der Waals surface area contributed by atoms with Crippen LogP contribution in [0.2, 0.25) is 0 Å². The molecule has 8 nitrogen and oxygen atoms in total. The highest BCUT2D eigenvalue weighted by atomic mass is 16.6. The zero-order valence-electron chi connectivity index (χ0n) is 25.3. The van der Waals surface area contributed by atoms with Crippen molar-refractivity contribution < 1.29 is 37.9 Å². The number of fused-ring (bicyclic) bond motifs is 3. The van der Waals surface area contributed by atoms with E-state index in [4.69, 9.17) is 37.9 Å². The van der Waals surface area contributed by atoms with E-state index in [-0.39, 0.29) is 5.41 Å². The van der Waals surface area contributed by atoms with Gasteiger partial charge in [0.1, 0.15) is 0 Å². The van der Waals surface area contributed by atoms with E-state index in [0.717, 1.165) is 65.1 Å². The van der Waals surface area contributed by atoms with Gasteiger partial charge in [-0.2, -0.15) is 0 Å². The number of rotatable bonds is 16. The molecule has 11 atom stereocenters. The van der Waals surface area contributed by atoms with Crippen LogP contribution in [0.4, 0.5) is 0 Å². The summed E-state index contributed by atoms with van der Waals surface area (Å²) in [6.45, 7) is 8.58. The Kier molecular flexibility index (Phi) is 9.57. The van der Waals surface area contributed by atoms with Crippen LogP contribution in [0.15, 0.2) is 0 Å². The molecular weight excluding hydrogens is 524 g/mol. The Bertz CT molecular complexity index is 734. The maximum Gasteiger partial charge on any atom is 0.0845 e. The van der Waals surface area contributed by atoms with Crippen LogP contribution >= 0.6 is 0 Å². The summed E-state index contributed by atoms with van der Waals surface area (Å²) in [5.41, 5.74) is -0.315. The Labute approximate surface area is 246 Å². The summed E-state index contributed by atoms with van der Waals surface area (Å²) >= 11 is 0. The Hall–Kier alpha value is -0.320. The summed E-state index contributed by atoms with van der Waals surface area (Å²) in [5, 5.41) is 0. The molecule has 0 aromatic heterocycles. The van der Waals surface area contributed by atoms with Gasteiger partial charge >= 0.3 is 0 Å². The van der Waals surface area contributed by atoms with Crippen LogP contribution in [0.1, 0.15) is 77.6 Å². The van der Waals surface area contributed by atoms with E-state index in [0.29, 0.717) is 92.8 Å². The molecule has 4 saturated heterocycles. The monoisotopic (exact) mass is 578 g/mol. The summed E-state index contributed by atoms with van der Waals surface area (Å²) in [4.78, 5) is 0. The largest absolute Gasteiger partial charge is 0.380 e. The molecule has 3 saturated carbocycles. The summed E-state index contributed by atoms with van der Waals surface area (Å²) in [6, 6.07) is 0. The molecule has 3 aliphatic carbocycles. The molecule has 7 fully saturated rings. The Morgan fingerprint density at radius 1 is 0.488 bits per heavy atom. The molecule has 41 heavy (non-hydrogen) atoms. The molecule has 0 aromatic carbocycles. The zero-order valence-corrected chi connectivity index (χ0v) is 25.3. The molecule has 0 radical (unpaired) electrons. The maximum atomic E-state index is 6.54. The third-order valence-electron chi connectivity index (χ3n) is 11.0. The minimum absolute atomic E-state index is 0.315. The highest BCUT2D eigenvalue weighted by molar-refractivity contribution is 4.94. The second-order valence-corrected chi connectivity index (χ2v) is 14.8. The van der Waals surface area contributed by atoms with Crippen molar-refractivity contribution in [2.45, 2.75) is 120 Å². The second-order valence-electron chi connectivity index (χ2n) is 14.8. The van der Waals surface area contributed by atoms with E-state index in [9.17, 15) is 0 Å². The summed E-state index contributed by atoms with van der Waals surface area (Å²) in [5.74, 6) is 2.32. The van der Waals surface area contributed by atoms with E-state index < -0.39 is 0 Å². The first-order valence-electron chi connectivity index (χ1n) is 17.0. The first kappa shape index (κ1) is 29.4. The minimum atomic E-state index is -0.315. The van der Waals surface area contributed by atoms with Gasteiger partial charge in [0.25, 0.3) is 0 Å². The lowest BCUT2D eigenvalue weighted by Gasteiger charge is -2.36. The molecule has 7 aliphatic rings. The SMILES string of the molecule is CC1CC(COCC(COCC2CCC3OC3C2)(COCC2CCC3OC3C2)COCC2CCC3OC3C2)CCO1. The zero-order chi connectivity index (χ0) is 27.6. The Morgan fingerprint density at radius 2 is 0.878 bits per heavy atom. The van der Waals surface area contributed by atoms with Gasteiger partial charge in [-0.05, 0) is 101 Å². The average Bonchev–Trinajstić information content (AvgIpc) is 3.85. The molecule has 7 rings (SSSR count). The molecule has 0 amide bonds. The van der Waals surface area contributed by atoms with E-state index in [2.05, 4.69) is 6.92 Å². The molecule has 11 unspecified atom stereocenters. The van der Waals surface area contributed by atoms with Crippen LogP contribution in [-0.4, -0.2) is 102 Å². The Morgan fingerprint density at radius 3 is 1.24 bits per heavy atom. The van der Waals surface area contributed by atoms with Crippen molar-refractivity contribution in [3.8, 4) is 0 Å². The van der Waals surface area contributed by atoms with E-state index >= 15 is 0 Å². The van der Waals surface area contributed by atoms with Crippen molar-refractivity contribution in [2.24, 2.45) is 29.1 Å². The molecule has 4 heterocycles. The molecule has 234 valence electrons. The van der Waals surface area contributed by atoms with Gasteiger partial charge in [0, 0.05) is 33.0 Å². The van der Waals surface area contributed by atoms with Gasteiger partial charge in [-0.3, -0.25) is 0 Å². The van der Waals surface area contributed by atoms with Crippen LogP contribution < -0.4 is 0 Å². The van der Waals surface area contributed by atoms with Gasteiger partial charge in [-0.1, -0.05) is 0 Å². The predicted octanol–water partition coefficient (Wildman–Crippen LogP) is 4.56. The fourth-order valence-electron chi connectivity index (χ4n) is 8.18. The predicted molar refractivity (Wildman–Crippen MR) is 152 cm³/mol. The molecule has 0 bridgehead atoms. The van der Waals surface area contributed by atoms with Gasteiger partial charge in [-0.25, -0.2) is 0 Å². The molecule has 4 aliphatic heterocycles. The maximum absolute atomic E-state index is 6.54. The van der Waals surface area contributed by atoms with Gasteiger partial charge < -0.3 is 37.9 Å². The third kappa shape index (κ3) is 8.24. The first-order chi connectivity index (χ1) is 20.1. The number of ether oxygens (including phenoxy) is 8. The van der Waals surface area contributed by atoms with Crippen molar-refractivity contribution in [1.29, 1.82) is 0 Å². The van der Waals surface area contributed by atoms with E-state index in [1.165, 1.54) is 38.5 Å². The van der Waals surface area contributed by atoms with E-state index in [1.54, 1.807) is 0 Å². The molecule has 8 heteroatoms.